The summed E-state index contributed by atoms with van der Waals surface area (Å²) in [4.78, 5) is 0. The number of benzene rings is 1. The Hall–Kier alpha value is -0.860. The Bertz CT molecular complexity index is 345. The number of nitrogens with two attached hydrogens (primary N) is 1. The van der Waals surface area contributed by atoms with Crippen LogP contribution in [-0.4, -0.2) is 0 Å². The maximum atomic E-state index is 5.72. The molecular formula is C15H24N2. The topological polar surface area (TPSA) is 38.0 Å². The molecule has 0 saturated heterocycles. The number of unbranched alkanes of at least 4 members (excludes halogenated alkanes) is 1. The smallest absolute Gasteiger partial charge is 0.0462 e. The van der Waals surface area contributed by atoms with Gasteiger partial charge in [0.15, 0.2) is 0 Å². The van der Waals surface area contributed by atoms with Crippen LogP contribution in [0.4, 0.5) is 0 Å². The fourth-order valence-corrected chi connectivity index (χ4v) is 2.66. The number of rotatable bonds is 6. The van der Waals surface area contributed by atoms with Gasteiger partial charge in [0.05, 0.1) is 0 Å². The molecule has 0 aliphatic heterocycles. The summed E-state index contributed by atoms with van der Waals surface area (Å²) in [5, 5.41) is 0. The van der Waals surface area contributed by atoms with E-state index in [1.54, 1.807) is 0 Å². The highest BCUT2D eigenvalue weighted by molar-refractivity contribution is 5.34. The predicted octanol–water partition coefficient (Wildman–Crippen LogP) is 3.65. The Morgan fingerprint density at radius 3 is 2.71 bits per heavy atom. The van der Waals surface area contributed by atoms with Crippen molar-refractivity contribution in [2.45, 2.75) is 57.4 Å². The fraction of sp³-hybridized carbons (Fsp3) is 0.600. The minimum atomic E-state index is 0.326. The molecule has 1 saturated carbocycles. The largest absolute Gasteiger partial charge is 0.271 e. The Morgan fingerprint density at radius 2 is 2.12 bits per heavy atom. The van der Waals surface area contributed by atoms with E-state index in [0.717, 1.165) is 12.3 Å². The van der Waals surface area contributed by atoms with Gasteiger partial charge in [0.2, 0.25) is 0 Å². The summed E-state index contributed by atoms with van der Waals surface area (Å²) in [6.07, 6.45) is 7.67. The van der Waals surface area contributed by atoms with Gasteiger partial charge >= 0.3 is 0 Å². The van der Waals surface area contributed by atoms with Gasteiger partial charge in [-0.3, -0.25) is 11.3 Å². The fourth-order valence-electron chi connectivity index (χ4n) is 2.66. The quantitative estimate of drug-likeness (QED) is 0.580. The number of hydrogen-bond donors (Lipinski definition) is 2. The van der Waals surface area contributed by atoms with E-state index in [2.05, 4.69) is 36.6 Å². The SMILES string of the molecule is CCCCC(NN)c1ccccc1C1CCC1. The molecule has 0 radical (unpaired) electrons. The molecule has 0 bridgehead atoms. The molecule has 94 valence electrons. The molecule has 1 atom stereocenters. The van der Waals surface area contributed by atoms with E-state index in [4.69, 9.17) is 5.84 Å². The summed E-state index contributed by atoms with van der Waals surface area (Å²) in [6.45, 7) is 2.23. The van der Waals surface area contributed by atoms with Crippen molar-refractivity contribution in [1.82, 2.24) is 5.43 Å². The molecule has 0 aromatic heterocycles. The standard InChI is InChI=1S/C15H24N2/c1-2-3-11-15(17-16)14-10-5-4-9-13(14)12-7-6-8-12/h4-5,9-10,12,15,17H,2-3,6-8,11,16H2,1H3. The minimum absolute atomic E-state index is 0.326. The Balaban J connectivity index is 2.16. The highest BCUT2D eigenvalue weighted by Crippen LogP contribution is 2.39. The maximum Gasteiger partial charge on any atom is 0.0462 e. The summed E-state index contributed by atoms with van der Waals surface area (Å²) in [6, 6.07) is 9.15. The van der Waals surface area contributed by atoms with Gasteiger partial charge in [-0.2, -0.15) is 0 Å². The molecule has 3 N–H and O–H groups in total. The minimum Gasteiger partial charge on any atom is -0.271 e. The van der Waals surface area contributed by atoms with E-state index in [-0.39, 0.29) is 0 Å². The van der Waals surface area contributed by atoms with E-state index in [1.165, 1.54) is 43.2 Å². The molecule has 0 amide bonds. The van der Waals surface area contributed by atoms with Crippen LogP contribution in [0.5, 0.6) is 0 Å². The first-order valence-corrected chi connectivity index (χ1v) is 6.91. The van der Waals surface area contributed by atoms with Crippen molar-refractivity contribution in [3.8, 4) is 0 Å². The molecule has 2 heteroatoms. The molecule has 1 aromatic rings. The maximum absolute atomic E-state index is 5.72. The summed E-state index contributed by atoms with van der Waals surface area (Å²) in [5.74, 6) is 6.51. The zero-order valence-electron chi connectivity index (χ0n) is 10.8. The second-order valence-electron chi connectivity index (χ2n) is 5.12. The first-order valence-electron chi connectivity index (χ1n) is 6.91. The van der Waals surface area contributed by atoms with Gasteiger partial charge in [-0.1, -0.05) is 50.5 Å². The van der Waals surface area contributed by atoms with Crippen LogP contribution in [0.1, 0.15) is 68.5 Å². The third-order valence-electron chi connectivity index (χ3n) is 3.96. The van der Waals surface area contributed by atoms with Gasteiger partial charge in [0.25, 0.3) is 0 Å². The summed E-state index contributed by atoms with van der Waals surface area (Å²) < 4.78 is 0. The Labute approximate surface area is 105 Å². The average Bonchev–Trinajstić information content (AvgIpc) is 2.30. The molecule has 2 rings (SSSR count). The molecule has 0 heterocycles. The van der Waals surface area contributed by atoms with E-state index in [0.29, 0.717) is 6.04 Å². The van der Waals surface area contributed by atoms with Crippen LogP contribution < -0.4 is 11.3 Å². The molecule has 1 fully saturated rings. The van der Waals surface area contributed by atoms with Crippen LogP contribution in [-0.2, 0) is 0 Å². The summed E-state index contributed by atoms with van der Waals surface area (Å²) in [7, 11) is 0. The lowest BCUT2D eigenvalue weighted by Crippen LogP contribution is -2.29. The molecule has 1 aliphatic rings. The first kappa shape index (κ1) is 12.6. The zero-order valence-corrected chi connectivity index (χ0v) is 10.8. The molecule has 1 unspecified atom stereocenters. The van der Waals surface area contributed by atoms with Crippen molar-refractivity contribution < 1.29 is 0 Å². The predicted molar refractivity (Wildman–Crippen MR) is 72.6 cm³/mol. The van der Waals surface area contributed by atoms with E-state index in [1.807, 2.05) is 0 Å². The van der Waals surface area contributed by atoms with Gasteiger partial charge < -0.3 is 0 Å². The molecule has 17 heavy (non-hydrogen) atoms. The van der Waals surface area contributed by atoms with Crippen LogP contribution >= 0.6 is 0 Å². The van der Waals surface area contributed by atoms with Gasteiger partial charge in [0.1, 0.15) is 0 Å². The summed E-state index contributed by atoms with van der Waals surface area (Å²) >= 11 is 0. The van der Waals surface area contributed by atoms with Crippen LogP contribution in [0.25, 0.3) is 0 Å². The third kappa shape index (κ3) is 2.88. The molecule has 1 aromatic carbocycles. The number of hydrogen-bond acceptors (Lipinski definition) is 2. The Kier molecular flexibility index (Phi) is 4.57. The number of nitrogens with one attached hydrogen (secondary N) is 1. The molecule has 2 nitrogen and oxygen atoms in total. The monoisotopic (exact) mass is 232 g/mol. The average molecular weight is 232 g/mol. The lowest BCUT2D eigenvalue weighted by atomic mass is 9.77. The first-order chi connectivity index (χ1) is 8.36. The van der Waals surface area contributed by atoms with E-state index in [9.17, 15) is 0 Å². The van der Waals surface area contributed by atoms with Crippen molar-refractivity contribution in [3.05, 3.63) is 35.4 Å². The van der Waals surface area contributed by atoms with Crippen molar-refractivity contribution in [2.75, 3.05) is 0 Å². The van der Waals surface area contributed by atoms with Crippen LogP contribution in [0.2, 0.25) is 0 Å². The summed E-state index contributed by atoms with van der Waals surface area (Å²) in [5.41, 5.74) is 5.95. The van der Waals surface area contributed by atoms with E-state index < -0.39 is 0 Å². The highest BCUT2D eigenvalue weighted by Gasteiger charge is 2.24. The van der Waals surface area contributed by atoms with Crippen molar-refractivity contribution >= 4 is 0 Å². The lowest BCUT2D eigenvalue weighted by molar-refractivity contribution is 0.407. The van der Waals surface area contributed by atoms with Gasteiger partial charge in [-0.15, -0.1) is 0 Å². The van der Waals surface area contributed by atoms with Crippen LogP contribution in [0, 0.1) is 0 Å². The molecule has 1 aliphatic carbocycles. The second-order valence-corrected chi connectivity index (χ2v) is 5.12. The second kappa shape index (κ2) is 6.18. The lowest BCUT2D eigenvalue weighted by Gasteiger charge is -2.30. The van der Waals surface area contributed by atoms with Crippen LogP contribution in [0.15, 0.2) is 24.3 Å². The normalized spacial score (nSPS) is 17.8. The third-order valence-corrected chi connectivity index (χ3v) is 3.96. The van der Waals surface area contributed by atoms with Gasteiger partial charge in [0, 0.05) is 6.04 Å². The Morgan fingerprint density at radius 1 is 1.35 bits per heavy atom. The van der Waals surface area contributed by atoms with Gasteiger partial charge in [-0.25, -0.2) is 0 Å². The zero-order chi connectivity index (χ0) is 12.1. The van der Waals surface area contributed by atoms with Gasteiger partial charge in [-0.05, 0) is 36.3 Å². The molecular weight excluding hydrogens is 208 g/mol. The van der Waals surface area contributed by atoms with Crippen molar-refractivity contribution in [2.24, 2.45) is 5.84 Å². The number of hydrazine groups is 1. The van der Waals surface area contributed by atoms with Crippen molar-refractivity contribution in [1.29, 1.82) is 0 Å². The highest BCUT2D eigenvalue weighted by atomic mass is 15.2. The van der Waals surface area contributed by atoms with E-state index >= 15 is 0 Å². The van der Waals surface area contributed by atoms with Crippen molar-refractivity contribution in [3.63, 3.8) is 0 Å². The van der Waals surface area contributed by atoms with Crippen LogP contribution in [0.3, 0.4) is 0 Å². The molecule has 0 spiro atoms.